The van der Waals surface area contributed by atoms with Gasteiger partial charge in [0.15, 0.2) is 12.4 Å². The lowest BCUT2D eigenvalue weighted by atomic mass is 10.1. The second kappa shape index (κ2) is 7.99. The quantitative estimate of drug-likeness (QED) is 0.546. The highest BCUT2D eigenvalue weighted by atomic mass is 19.1. The van der Waals surface area contributed by atoms with E-state index in [1.54, 1.807) is 12.2 Å². The number of ketones is 1. The fraction of sp³-hybridized carbons (Fsp3) is 0.250. The highest BCUT2D eigenvalue weighted by molar-refractivity contribution is 5.94. The zero-order chi connectivity index (χ0) is 15.8. The number of carbonyl (C=O) groups is 2. The van der Waals surface area contributed by atoms with Crippen molar-refractivity contribution in [1.82, 2.24) is 4.90 Å². The third-order valence-electron chi connectivity index (χ3n) is 2.73. The molecule has 0 atom stereocenters. The van der Waals surface area contributed by atoms with Crippen LogP contribution in [-0.4, -0.2) is 36.3 Å². The summed E-state index contributed by atoms with van der Waals surface area (Å²) >= 11 is 0. The van der Waals surface area contributed by atoms with Crippen LogP contribution in [0.25, 0.3) is 0 Å². The SMILES string of the molecule is C=CCN(CC=C)C(=O)COc1ccc(C(C)=O)c(F)c1. The van der Waals surface area contributed by atoms with E-state index in [0.717, 1.165) is 6.07 Å². The molecule has 0 radical (unpaired) electrons. The number of ether oxygens (including phenoxy) is 1. The number of carbonyl (C=O) groups excluding carboxylic acids is 2. The van der Waals surface area contributed by atoms with Gasteiger partial charge < -0.3 is 9.64 Å². The van der Waals surface area contributed by atoms with Crippen LogP contribution in [-0.2, 0) is 4.79 Å². The Balaban J connectivity index is 2.67. The van der Waals surface area contributed by atoms with Gasteiger partial charge in [0.2, 0.25) is 0 Å². The molecule has 0 saturated carbocycles. The van der Waals surface area contributed by atoms with Crippen LogP contribution in [0.2, 0.25) is 0 Å². The summed E-state index contributed by atoms with van der Waals surface area (Å²) in [6, 6.07) is 3.89. The van der Waals surface area contributed by atoms with Crippen molar-refractivity contribution in [3.05, 3.63) is 54.9 Å². The zero-order valence-electron chi connectivity index (χ0n) is 12.0. The Bertz CT molecular complexity index is 544. The Morgan fingerprint density at radius 2 is 1.90 bits per heavy atom. The monoisotopic (exact) mass is 291 g/mol. The minimum absolute atomic E-state index is 0.00591. The molecule has 0 aliphatic rings. The first-order valence-electron chi connectivity index (χ1n) is 6.42. The standard InChI is InChI=1S/C16H18FNO3/c1-4-8-18(9-5-2)16(20)11-21-13-6-7-14(12(3)19)15(17)10-13/h4-7,10H,1-2,8-9,11H2,3H3. The molecule has 0 heterocycles. The van der Waals surface area contributed by atoms with Gasteiger partial charge in [-0.3, -0.25) is 9.59 Å². The van der Waals surface area contributed by atoms with Crippen molar-refractivity contribution in [1.29, 1.82) is 0 Å². The summed E-state index contributed by atoms with van der Waals surface area (Å²) in [7, 11) is 0. The highest BCUT2D eigenvalue weighted by Crippen LogP contribution is 2.17. The summed E-state index contributed by atoms with van der Waals surface area (Å²) in [6.45, 7) is 8.96. The first-order valence-corrected chi connectivity index (χ1v) is 6.42. The van der Waals surface area contributed by atoms with Crippen LogP contribution in [0.3, 0.4) is 0 Å². The Morgan fingerprint density at radius 1 is 1.29 bits per heavy atom. The summed E-state index contributed by atoms with van der Waals surface area (Å²) in [6.07, 6.45) is 3.20. The van der Waals surface area contributed by atoms with Crippen LogP contribution in [0.15, 0.2) is 43.5 Å². The molecule has 0 N–H and O–H groups in total. The number of nitrogens with zero attached hydrogens (tertiary/aromatic N) is 1. The molecule has 1 amide bonds. The Kier molecular flexibility index (Phi) is 6.33. The number of hydrogen-bond donors (Lipinski definition) is 0. The summed E-state index contributed by atoms with van der Waals surface area (Å²) in [5, 5.41) is 0. The van der Waals surface area contributed by atoms with E-state index < -0.39 is 5.82 Å². The minimum atomic E-state index is -0.665. The van der Waals surface area contributed by atoms with E-state index in [4.69, 9.17) is 4.74 Å². The van der Waals surface area contributed by atoms with Gasteiger partial charge in [0.05, 0.1) is 5.56 Å². The minimum Gasteiger partial charge on any atom is -0.484 e. The number of halogens is 1. The van der Waals surface area contributed by atoms with Gasteiger partial charge in [-0.1, -0.05) is 12.2 Å². The van der Waals surface area contributed by atoms with Crippen LogP contribution < -0.4 is 4.74 Å². The predicted octanol–water partition coefficient (Wildman–Crippen LogP) is 2.61. The summed E-state index contributed by atoms with van der Waals surface area (Å²) < 4.78 is 18.8. The smallest absolute Gasteiger partial charge is 0.261 e. The maximum Gasteiger partial charge on any atom is 0.261 e. The molecule has 0 saturated heterocycles. The van der Waals surface area contributed by atoms with Gasteiger partial charge in [0, 0.05) is 19.2 Å². The molecule has 1 rings (SSSR count). The molecular formula is C16H18FNO3. The largest absolute Gasteiger partial charge is 0.484 e. The molecule has 0 fully saturated rings. The van der Waals surface area contributed by atoms with Crippen LogP contribution in [0.1, 0.15) is 17.3 Å². The van der Waals surface area contributed by atoms with E-state index in [-0.39, 0.29) is 29.6 Å². The van der Waals surface area contributed by atoms with Crippen molar-refractivity contribution in [2.24, 2.45) is 0 Å². The predicted molar refractivity (Wildman–Crippen MR) is 78.9 cm³/mol. The second-order valence-corrected chi connectivity index (χ2v) is 4.36. The van der Waals surface area contributed by atoms with Crippen molar-refractivity contribution in [2.45, 2.75) is 6.92 Å². The molecule has 112 valence electrons. The topological polar surface area (TPSA) is 46.6 Å². The number of amides is 1. The summed E-state index contributed by atoms with van der Waals surface area (Å²) in [5.41, 5.74) is -0.00591. The number of benzene rings is 1. The third-order valence-corrected chi connectivity index (χ3v) is 2.73. The first-order chi connectivity index (χ1) is 9.99. The molecule has 21 heavy (non-hydrogen) atoms. The average molecular weight is 291 g/mol. The molecular weight excluding hydrogens is 273 g/mol. The molecule has 0 aromatic heterocycles. The van der Waals surface area contributed by atoms with Crippen LogP contribution in [0, 0.1) is 5.82 Å². The van der Waals surface area contributed by atoms with Crippen LogP contribution in [0.5, 0.6) is 5.75 Å². The van der Waals surface area contributed by atoms with Crippen molar-refractivity contribution in [3.63, 3.8) is 0 Å². The Labute approximate surface area is 123 Å². The number of rotatable bonds is 8. The van der Waals surface area contributed by atoms with Gasteiger partial charge in [-0.2, -0.15) is 0 Å². The molecule has 5 heteroatoms. The summed E-state index contributed by atoms with van der Waals surface area (Å²) in [4.78, 5) is 24.5. The van der Waals surface area contributed by atoms with E-state index in [1.807, 2.05) is 0 Å². The number of Topliss-reactive ketones (excluding diaryl/α,β-unsaturated/α-hetero) is 1. The third kappa shape index (κ3) is 4.87. The molecule has 1 aromatic rings. The maximum absolute atomic E-state index is 13.6. The van der Waals surface area contributed by atoms with Gasteiger partial charge in [0.25, 0.3) is 5.91 Å². The molecule has 0 bridgehead atoms. The highest BCUT2D eigenvalue weighted by Gasteiger charge is 2.13. The first kappa shape index (κ1) is 16.6. The van der Waals surface area contributed by atoms with E-state index in [0.29, 0.717) is 13.1 Å². The number of hydrogen-bond acceptors (Lipinski definition) is 3. The van der Waals surface area contributed by atoms with E-state index in [1.165, 1.54) is 24.0 Å². The zero-order valence-corrected chi connectivity index (χ0v) is 12.0. The van der Waals surface area contributed by atoms with Gasteiger partial charge in [-0.15, -0.1) is 13.2 Å². The molecule has 1 aromatic carbocycles. The van der Waals surface area contributed by atoms with Gasteiger partial charge in [-0.25, -0.2) is 4.39 Å². The lowest BCUT2D eigenvalue weighted by Crippen LogP contribution is -2.35. The van der Waals surface area contributed by atoms with Crippen molar-refractivity contribution < 1.29 is 18.7 Å². The normalized spacial score (nSPS) is 9.81. The van der Waals surface area contributed by atoms with E-state index in [2.05, 4.69) is 13.2 Å². The molecule has 0 unspecified atom stereocenters. The molecule has 0 aliphatic heterocycles. The lowest BCUT2D eigenvalue weighted by Gasteiger charge is -2.19. The average Bonchev–Trinajstić information content (AvgIpc) is 2.44. The van der Waals surface area contributed by atoms with Gasteiger partial charge in [-0.05, 0) is 19.1 Å². The molecule has 0 aliphatic carbocycles. The summed E-state index contributed by atoms with van der Waals surface area (Å²) in [5.74, 6) is -1.09. The maximum atomic E-state index is 13.6. The van der Waals surface area contributed by atoms with Crippen molar-refractivity contribution >= 4 is 11.7 Å². The lowest BCUT2D eigenvalue weighted by molar-refractivity contribution is -0.132. The molecule has 0 spiro atoms. The van der Waals surface area contributed by atoms with E-state index >= 15 is 0 Å². The fourth-order valence-electron chi connectivity index (χ4n) is 1.70. The van der Waals surface area contributed by atoms with Gasteiger partial charge >= 0.3 is 0 Å². The van der Waals surface area contributed by atoms with Crippen molar-refractivity contribution in [2.75, 3.05) is 19.7 Å². The molecule has 4 nitrogen and oxygen atoms in total. The Hall–Kier alpha value is -2.43. The fourth-order valence-corrected chi connectivity index (χ4v) is 1.70. The second-order valence-electron chi connectivity index (χ2n) is 4.36. The Morgan fingerprint density at radius 3 is 2.38 bits per heavy atom. The van der Waals surface area contributed by atoms with Gasteiger partial charge in [0.1, 0.15) is 11.6 Å². The van der Waals surface area contributed by atoms with Crippen LogP contribution >= 0.6 is 0 Å². The van der Waals surface area contributed by atoms with E-state index in [9.17, 15) is 14.0 Å². The van der Waals surface area contributed by atoms with Crippen molar-refractivity contribution in [3.8, 4) is 5.75 Å². The van der Waals surface area contributed by atoms with Crippen LogP contribution in [0.4, 0.5) is 4.39 Å².